The topological polar surface area (TPSA) is 144 Å². The Hall–Kier alpha value is -3.38. The van der Waals surface area contributed by atoms with Gasteiger partial charge in [0.2, 0.25) is 5.95 Å². The van der Waals surface area contributed by atoms with Gasteiger partial charge >= 0.3 is 0 Å². The smallest absolute Gasteiger partial charge is 0.295 e. The van der Waals surface area contributed by atoms with Crippen LogP contribution in [-0.4, -0.2) is 23.0 Å². The van der Waals surface area contributed by atoms with E-state index >= 15 is 0 Å². The number of aromatic nitrogens is 2. The van der Waals surface area contributed by atoms with Gasteiger partial charge in [0, 0.05) is 0 Å². The summed E-state index contributed by atoms with van der Waals surface area (Å²) in [7, 11) is 1.56. The minimum atomic E-state index is -0.715. The summed E-state index contributed by atoms with van der Waals surface area (Å²) in [5, 5.41) is 12.9. The molecule has 5 N–H and O–H groups in total. The van der Waals surface area contributed by atoms with Crippen molar-refractivity contribution in [2.75, 3.05) is 18.3 Å². The second-order valence-corrected chi connectivity index (χ2v) is 4.08. The molecular formula is C13H13N7O2. The highest BCUT2D eigenvalue weighted by Crippen LogP contribution is 2.11. The Morgan fingerprint density at radius 2 is 2.14 bits per heavy atom. The molecule has 112 valence electrons. The van der Waals surface area contributed by atoms with E-state index in [1.807, 2.05) is 0 Å². The third-order valence-corrected chi connectivity index (χ3v) is 2.77. The Kier molecular flexibility index (Phi) is 4.36. The van der Waals surface area contributed by atoms with Gasteiger partial charge in [-0.25, -0.2) is 5.84 Å². The van der Waals surface area contributed by atoms with Crippen molar-refractivity contribution in [3.05, 3.63) is 45.7 Å². The first-order chi connectivity index (χ1) is 10.6. The molecule has 2 aromatic rings. The molecule has 0 atom stereocenters. The zero-order valence-electron chi connectivity index (χ0n) is 11.6. The molecule has 2 rings (SSSR count). The summed E-state index contributed by atoms with van der Waals surface area (Å²) in [6.07, 6.45) is 1.41. The normalized spacial score (nSPS) is 10.4. The van der Waals surface area contributed by atoms with Crippen LogP contribution in [0.15, 0.2) is 34.2 Å². The SMILES string of the molecule is COc1ccc(/C=N/n2c(N)nc(NN)c(C#N)c2=O)cc1. The highest BCUT2D eigenvalue weighted by Gasteiger charge is 2.13. The first kappa shape index (κ1) is 15.0. The van der Waals surface area contributed by atoms with Crippen LogP contribution in [0.25, 0.3) is 0 Å². The number of nitrogens with one attached hydrogen (secondary N) is 1. The maximum Gasteiger partial charge on any atom is 0.295 e. The molecule has 0 aliphatic carbocycles. The molecule has 9 nitrogen and oxygen atoms in total. The summed E-state index contributed by atoms with van der Waals surface area (Å²) in [6, 6.07) is 8.70. The van der Waals surface area contributed by atoms with Crippen LogP contribution in [-0.2, 0) is 0 Å². The van der Waals surface area contributed by atoms with Crippen molar-refractivity contribution in [1.29, 1.82) is 5.26 Å². The van der Waals surface area contributed by atoms with Gasteiger partial charge in [-0.05, 0) is 29.8 Å². The minimum absolute atomic E-state index is 0.0964. The van der Waals surface area contributed by atoms with Gasteiger partial charge in [0.1, 0.15) is 11.8 Å². The molecule has 1 heterocycles. The van der Waals surface area contributed by atoms with Crippen LogP contribution >= 0.6 is 0 Å². The van der Waals surface area contributed by atoms with Crippen molar-refractivity contribution < 1.29 is 4.74 Å². The van der Waals surface area contributed by atoms with Gasteiger partial charge < -0.3 is 15.9 Å². The number of nitrogens with zero attached hydrogens (tertiary/aromatic N) is 4. The predicted molar refractivity (Wildman–Crippen MR) is 81.4 cm³/mol. The fourth-order valence-corrected chi connectivity index (χ4v) is 1.66. The molecule has 0 unspecified atom stereocenters. The molecular weight excluding hydrogens is 286 g/mol. The Balaban J connectivity index is 2.42. The Labute approximate surface area is 125 Å². The summed E-state index contributed by atoms with van der Waals surface area (Å²) in [4.78, 5) is 15.9. The first-order valence-electron chi connectivity index (χ1n) is 6.08. The van der Waals surface area contributed by atoms with Crippen LogP contribution < -0.4 is 27.3 Å². The average Bonchev–Trinajstić information content (AvgIpc) is 2.54. The molecule has 0 fully saturated rings. The Bertz CT molecular complexity index is 803. The molecule has 0 spiro atoms. The van der Waals surface area contributed by atoms with Gasteiger partial charge in [0.25, 0.3) is 5.56 Å². The van der Waals surface area contributed by atoms with E-state index in [0.717, 1.165) is 4.68 Å². The standard InChI is InChI=1S/C13H13N7O2/c1-22-9-4-2-8(3-5-9)7-17-20-12(21)10(6-14)11(19-16)18-13(20)15/h2-5,7,19H,16H2,1H3,(H2,15,18)/b17-7+. The molecule has 22 heavy (non-hydrogen) atoms. The molecule has 0 bridgehead atoms. The number of hydrogen-bond donors (Lipinski definition) is 3. The molecule has 0 aliphatic rings. The lowest BCUT2D eigenvalue weighted by molar-refractivity contribution is 0.415. The van der Waals surface area contributed by atoms with E-state index in [2.05, 4.69) is 15.5 Å². The van der Waals surface area contributed by atoms with Gasteiger partial charge in [-0.15, -0.1) is 0 Å². The zero-order valence-corrected chi connectivity index (χ0v) is 11.6. The Morgan fingerprint density at radius 1 is 1.45 bits per heavy atom. The Morgan fingerprint density at radius 3 is 2.68 bits per heavy atom. The molecule has 9 heteroatoms. The highest BCUT2D eigenvalue weighted by atomic mass is 16.5. The second kappa shape index (κ2) is 6.38. The third kappa shape index (κ3) is 2.87. The summed E-state index contributed by atoms with van der Waals surface area (Å²) in [5.74, 6) is 5.59. The minimum Gasteiger partial charge on any atom is -0.497 e. The molecule has 1 aromatic heterocycles. The van der Waals surface area contributed by atoms with Gasteiger partial charge in [0.15, 0.2) is 11.4 Å². The van der Waals surface area contributed by atoms with Gasteiger partial charge in [0.05, 0.1) is 13.3 Å². The van der Waals surface area contributed by atoms with Crippen LogP contribution in [0, 0.1) is 11.3 Å². The number of methoxy groups -OCH3 is 1. The predicted octanol–water partition coefficient (Wildman–Crippen LogP) is -0.126. The molecule has 1 aromatic carbocycles. The van der Waals surface area contributed by atoms with Crippen molar-refractivity contribution in [1.82, 2.24) is 9.66 Å². The van der Waals surface area contributed by atoms with E-state index in [9.17, 15) is 4.79 Å². The number of nitrogen functional groups attached to an aromatic ring is 2. The van der Waals surface area contributed by atoms with Crippen LogP contribution in [0.3, 0.4) is 0 Å². The van der Waals surface area contributed by atoms with Crippen molar-refractivity contribution in [2.45, 2.75) is 0 Å². The first-order valence-corrected chi connectivity index (χ1v) is 6.08. The lowest BCUT2D eigenvalue weighted by Gasteiger charge is -2.06. The third-order valence-electron chi connectivity index (χ3n) is 2.77. The number of nitrogens with two attached hydrogens (primary N) is 2. The van der Waals surface area contributed by atoms with Crippen LogP contribution in [0.5, 0.6) is 5.75 Å². The van der Waals surface area contributed by atoms with E-state index in [1.54, 1.807) is 37.4 Å². The number of nitriles is 1. The van der Waals surface area contributed by atoms with Crippen molar-refractivity contribution in [3.8, 4) is 11.8 Å². The maximum atomic E-state index is 12.1. The molecule has 0 saturated heterocycles. The number of rotatable bonds is 4. The number of hydrazine groups is 1. The van der Waals surface area contributed by atoms with E-state index in [-0.39, 0.29) is 17.3 Å². The summed E-state index contributed by atoms with van der Waals surface area (Å²) in [6.45, 7) is 0. The number of ether oxygens (including phenoxy) is 1. The van der Waals surface area contributed by atoms with Gasteiger partial charge in [-0.2, -0.15) is 20.0 Å². The monoisotopic (exact) mass is 299 g/mol. The van der Waals surface area contributed by atoms with E-state index < -0.39 is 5.56 Å². The fourth-order valence-electron chi connectivity index (χ4n) is 1.66. The number of benzene rings is 1. The van der Waals surface area contributed by atoms with Crippen LogP contribution in [0.1, 0.15) is 11.1 Å². The molecule has 0 aliphatic heterocycles. The molecule has 0 saturated carbocycles. The summed E-state index contributed by atoms with van der Waals surface area (Å²) < 4.78 is 5.86. The number of anilines is 2. The van der Waals surface area contributed by atoms with E-state index in [0.29, 0.717) is 11.3 Å². The van der Waals surface area contributed by atoms with E-state index in [4.69, 9.17) is 21.6 Å². The van der Waals surface area contributed by atoms with E-state index in [1.165, 1.54) is 6.21 Å². The van der Waals surface area contributed by atoms with Crippen molar-refractivity contribution >= 4 is 18.0 Å². The molecule has 0 radical (unpaired) electrons. The maximum absolute atomic E-state index is 12.1. The van der Waals surface area contributed by atoms with Crippen molar-refractivity contribution in [2.24, 2.45) is 10.9 Å². The highest BCUT2D eigenvalue weighted by molar-refractivity contribution is 5.79. The lowest BCUT2D eigenvalue weighted by atomic mass is 10.2. The largest absolute Gasteiger partial charge is 0.497 e. The van der Waals surface area contributed by atoms with Crippen LogP contribution in [0.4, 0.5) is 11.8 Å². The average molecular weight is 299 g/mol. The summed E-state index contributed by atoms with van der Waals surface area (Å²) >= 11 is 0. The van der Waals surface area contributed by atoms with Gasteiger partial charge in [-0.1, -0.05) is 0 Å². The molecule has 0 amide bonds. The summed E-state index contributed by atoms with van der Waals surface area (Å²) in [5.41, 5.74) is 7.52. The zero-order chi connectivity index (χ0) is 16.1. The second-order valence-electron chi connectivity index (χ2n) is 4.08. The lowest BCUT2D eigenvalue weighted by Crippen LogP contribution is -2.27. The van der Waals surface area contributed by atoms with Crippen LogP contribution in [0.2, 0.25) is 0 Å². The quantitative estimate of drug-likeness (QED) is 0.405. The number of hydrogen-bond acceptors (Lipinski definition) is 8. The van der Waals surface area contributed by atoms with Crippen molar-refractivity contribution in [3.63, 3.8) is 0 Å². The van der Waals surface area contributed by atoms with Gasteiger partial charge in [-0.3, -0.25) is 4.79 Å². The fraction of sp³-hybridized carbons (Fsp3) is 0.0769.